The maximum atomic E-state index is 12.5. The molecule has 1 aromatic heterocycles. The van der Waals surface area contributed by atoms with Gasteiger partial charge in [0.05, 0.1) is 18.0 Å². The van der Waals surface area contributed by atoms with E-state index in [-0.39, 0.29) is 11.2 Å². The minimum Gasteiger partial charge on any atom is -0.497 e. The number of aryl methyl sites for hydroxylation is 2. The van der Waals surface area contributed by atoms with Gasteiger partial charge in [-0.15, -0.1) is 10.2 Å². The molecular weight excluding hydrogens is 360 g/mol. The van der Waals surface area contributed by atoms with Crippen molar-refractivity contribution in [3.05, 3.63) is 59.9 Å². The lowest BCUT2D eigenvalue weighted by atomic mass is 10.1. The number of hydrogen-bond donors (Lipinski definition) is 1. The predicted octanol–water partition coefficient (Wildman–Crippen LogP) is 4.01. The first-order chi connectivity index (χ1) is 13.0. The van der Waals surface area contributed by atoms with E-state index in [1.165, 1.54) is 17.3 Å². The number of nitrogens with one attached hydrogen (secondary N) is 1. The fourth-order valence-corrected chi connectivity index (χ4v) is 3.51. The average Bonchev–Trinajstić information content (AvgIpc) is 3.10. The highest BCUT2D eigenvalue weighted by molar-refractivity contribution is 8.00. The topological polar surface area (TPSA) is 69.0 Å². The smallest absolute Gasteiger partial charge is 0.237 e. The highest BCUT2D eigenvalue weighted by Gasteiger charge is 2.19. The Hall–Kier alpha value is -2.80. The molecule has 6 nitrogen and oxygen atoms in total. The third kappa shape index (κ3) is 4.49. The Kier molecular flexibility index (Phi) is 5.81. The van der Waals surface area contributed by atoms with Crippen molar-refractivity contribution in [3.63, 3.8) is 0 Å². The summed E-state index contributed by atoms with van der Waals surface area (Å²) in [7, 11) is 1.61. The molecule has 3 aromatic rings. The Morgan fingerprint density at radius 3 is 2.59 bits per heavy atom. The van der Waals surface area contributed by atoms with Crippen LogP contribution in [-0.4, -0.2) is 33.0 Å². The van der Waals surface area contributed by atoms with Gasteiger partial charge in [-0.2, -0.15) is 0 Å². The molecule has 0 saturated heterocycles. The summed E-state index contributed by atoms with van der Waals surface area (Å²) in [5.41, 5.74) is 4.07. The van der Waals surface area contributed by atoms with Crippen LogP contribution in [0.3, 0.4) is 0 Å². The number of methoxy groups -OCH3 is 1. The lowest BCUT2D eigenvalue weighted by Gasteiger charge is -2.14. The molecule has 0 saturated carbocycles. The van der Waals surface area contributed by atoms with Gasteiger partial charge in [-0.1, -0.05) is 29.5 Å². The summed E-state index contributed by atoms with van der Waals surface area (Å²) in [6.45, 7) is 5.96. The normalized spacial score (nSPS) is 11.9. The van der Waals surface area contributed by atoms with Crippen molar-refractivity contribution in [2.24, 2.45) is 0 Å². The van der Waals surface area contributed by atoms with Gasteiger partial charge < -0.3 is 10.1 Å². The maximum Gasteiger partial charge on any atom is 0.237 e. The number of aromatic nitrogens is 3. The molecule has 0 radical (unpaired) electrons. The summed E-state index contributed by atoms with van der Waals surface area (Å²) in [6.07, 6.45) is 1.67. The van der Waals surface area contributed by atoms with Gasteiger partial charge in [-0.25, -0.2) is 0 Å². The Labute approximate surface area is 163 Å². The molecule has 3 rings (SSSR count). The molecule has 1 amide bonds. The Bertz CT molecular complexity index is 937. The second-order valence-corrected chi connectivity index (χ2v) is 7.56. The Balaban J connectivity index is 1.71. The molecule has 0 bridgehead atoms. The first-order valence-corrected chi connectivity index (χ1v) is 9.45. The number of rotatable bonds is 6. The molecule has 2 aromatic carbocycles. The third-order valence-electron chi connectivity index (χ3n) is 4.14. The monoisotopic (exact) mass is 382 g/mol. The van der Waals surface area contributed by atoms with Crippen LogP contribution in [0.2, 0.25) is 0 Å². The largest absolute Gasteiger partial charge is 0.497 e. The van der Waals surface area contributed by atoms with Crippen LogP contribution in [0.5, 0.6) is 5.75 Å². The van der Waals surface area contributed by atoms with Crippen molar-refractivity contribution in [3.8, 4) is 11.4 Å². The lowest BCUT2D eigenvalue weighted by Crippen LogP contribution is -2.22. The highest BCUT2D eigenvalue weighted by Crippen LogP contribution is 2.26. The van der Waals surface area contributed by atoms with Gasteiger partial charge in [0, 0.05) is 5.69 Å². The molecule has 0 spiro atoms. The second kappa shape index (κ2) is 8.26. The number of carbonyl (C=O) groups is 1. The van der Waals surface area contributed by atoms with Crippen LogP contribution < -0.4 is 10.1 Å². The molecule has 7 heteroatoms. The van der Waals surface area contributed by atoms with Crippen molar-refractivity contribution in [2.75, 3.05) is 12.4 Å². The summed E-state index contributed by atoms with van der Waals surface area (Å²) in [4.78, 5) is 12.5. The molecule has 1 atom stereocenters. The van der Waals surface area contributed by atoms with Gasteiger partial charge in [-0.3, -0.25) is 9.36 Å². The molecular formula is C20H22N4O2S. The Morgan fingerprint density at radius 2 is 1.93 bits per heavy atom. The van der Waals surface area contributed by atoms with E-state index in [2.05, 4.69) is 41.5 Å². The molecule has 0 fully saturated rings. The maximum absolute atomic E-state index is 12.5. The highest BCUT2D eigenvalue weighted by atomic mass is 32.2. The summed E-state index contributed by atoms with van der Waals surface area (Å²) in [5.74, 6) is 0.650. The quantitative estimate of drug-likeness (QED) is 0.652. The van der Waals surface area contributed by atoms with Crippen molar-refractivity contribution < 1.29 is 9.53 Å². The van der Waals surface area contributed by atoms with Gasteiger partial charge in [0.2, 0.25) is 5.91 Å². The summed E-state index contributed by atoms with van der Waals surface area (Å²) in [5, 5.41) is 11.5. The number of nitrogens with zero attached hydrogens (tertiary/aromatic N) is 3. The number of benzene rings is 2. The van der Waals surface area contributed by atoms with Crippen LogP contribution in [0, 0.1) is 13.8 Å². The van der Waals surface area contributed by atoms with Crippen LogP contribution in [0.25, 0.3) is 5.69 Å². The van der Waals surface area contributed by atoms with Gasteiger partial charge in [0.25, 0.3) is 0 Å². The number of carbonyl (C=O) groups excluding carboxylic acids is 1. The van der Waals surface area contributed by atoms with E-state index >= 15 is 0 Å². The number of thioether (sulfide) groups is 1. The standard InChI is InChI=1S/C20H22N4O2S/c1-13-5-10-18(14(2)11-13)24-12-21-23-20(24)27-15(3)19(25)22-16-6-8-17(26-4)9-7-16/h5-12,15H,1-4H3,(H,22,25). The third-order valence-corrected chi connectivity index (χ3v) is 5.19. The lowest BCUT2D eigenvalue weighted by molar-refractivity contribution is -0.115. The zero-order chi connectivity index (χ0) is 19.4. The minimum atomic E-state index is -0.333. The number of ether oxygens (including phenoxy) is 1. The van der Waals surface area contributed by atoms with Crippen LogP contribution >= 0.6 is 11.8 Å². The molecule has 0 aliphatic carbocycles. The van der Waals surface area contributed by atoms with Crippen LogP contribution in [-0.2, 0) is 4.79 Å². The van der Waals surface area contributed by atoms with Gasteiger partial charge in [0.15, 0.2) is 5.16 Å². The Morgan fingerprint density at radius 1 is 1.19 bits per heavy atom. The van der Waals surface area contributed by atoms with E-state index in [9.17, 15) is 4.79 Å². The van der Waals surface area contributed by atoms with Crippen molar-refractivity contribution in [1.29, 1.82) is 0 Å². The van der Waals surface area contributed by atoms with E-state index < -0.39 is 0 Å². The number of amides is 1. The molecule has 27 heavy (non-hydrogen) atoms. The molecule has 140 valence electrons. The predicted molar refractivity (Wildman–Crippen MR) is 108 cm³/mol. The van der Waals surface area contributed by atoms with Gasteiger partial charge in [0.1, 0.15) is 12.1 Å². The van der Waals surface area contributed by atoms with E-state index in [1.54, 1.807) is 13.4 Å². The zero-order valence-corrected chi connectivity index (χ0v) is 16.6. The number of hydrogen-bond acceptors (Lipinski definition) is 5. The van der Waals surface area contributed by atoms with Crippen LogP contribution in [0.15, 0.2) is 53.9 Å². The van der Waals surface area contributed by atoms with Crippen molar-refractivity contribution >= 4 is 23.4 Å². The van der Waals surface area contributed by atoms with E-state index in [4.69, 9.17) is 4.74 Å². The molecule has 1 heterocycles. The van der Waals surface area contributed by atoms with E-state index in [1.807, 2.05) is 41.8 Å². The summed E-state index contributed by atoms with van der Waals surface area (Å²) in [6, 6.07) is 13.5. The van der Waals surface area contributed by atoms with Crippen LogP contribution in [0.4, 0.5) is 5.69 Å². The average molecular weight is 382 g/mol. The summed E-state index contributed by atoms with van der Waals surface area (Å²) < 4.78 is 7.04. The first kappa shape index (κ1) is 19.0. The van der Waals surface area contributed by atoms with Crippen molar-refractivity contribution in [1.82, 2.24) is 14.8 Å². The van der Waals surface area contributed by atoms with E-state index in [0.29, 0.717) is 5.16 Å². The van der Waals surface area contributed by atoms with Gasteiger partial charge >= 0.3 is 0 Å². The van der Waals surface area contributed by atoms with E-state index in [0.717, 1.165) is 22.7 Å². The molecule has 1 N–H and O–H groups in total. The second-order valence-electron chi connectivity index (χ2n) is 6.25. The number of anilines is 1. The fraction of sp³-hybridized carbons (Fsp3) is 0.250. The zero-order valence-electron chi connectivity index (χ0n) is 15.8. The molecule has 0 aliphatic rings. The summed E-state index contributed by atoms with van der Waals surface area (Å²) >= 11 is 1.37. The SMILES string of the molecule is COc1ccc(NC(=O)C(C)Sc2nncn2-c2ccc(C)cc2C)cc1. The molecule has 1 unspecified atom stereocenters. The van der Waals surface area contributed by atoms with Crippen LogP contribution in [0.1, 0.15) is 18.1 Å². The van der Waals surface area contributed by atoms with Gasteiger partial charge in [-0.05, 0) is 56.7 Å². The fourth-order valence-electron chi connectivity index (χ4n) is 2.68. The molecule has 0 aliphatic heterocycles. The van der Waals surface area contributed by atoms with Crippen molar-refractivity contribution in [2.45, 2.75) is 31.2 Å². The minimum absolute atomic E-state index is 0.0969. The first-order valence-electron chi connectivity index (χ1n) is 8.57.